The van der Waals surface area contributed by atoms with E-state index in [0.29, 0.717) is 11.3 Å². The van der Waals surface area contributed by atoms with Crippen LogP contribution in [-0.4, -0.2) is 38.8 Å². The van der Waals surface area contributed by atoms with Crippen LogP contribution >= 0.6 is 0 Å². The fourth-order valence-corrected chi connectivity index (χ4v) is 3.50. The van der Waals surface area contributed by atoms with E-state index in [0.717, 1.165) is 30.4 Å². The standard InChI is InChI=1S/C14H16N4O/c19-14(18-6-9-2-1-3-10(9)7-18)12-5-4-11-13(17-12)16-8-15-11/h4-5,8-10H,1-3,6-7H2,(H,15,16,17)/t9-,10-/m1/s1. The van der Waals surface area contributed by atoms with Gasteiger partial charge >= 0.3 is 0 Å². The normalized spacial score (nSPS) is 26.0. The molecule has 0 aromatic carbocycles. The summed E-state index contributed by atoms with van der Waals surface area (Å²) in [6.07, 6.45) is 5.49. The smallest absolute Gasteiger partial charge is 0.272 e. The van der Waals surface area contributed by atoms with E-state index >= 15 is 0 Å². The van der Waals surface area contributed by atoms with Gasteiger partial charge in [-0.15, -0.1) is 0 Å². The number of carbonyl (C=O) groups is 1. The van der Waals surface area contributed by atoms with Gasteiger partial charge in [0, 0.05) is 13.1 Å². The summed E-state index contributed by atoms with van der Waals surface area (Å²) in [4.78, 5) is 25.9. The summed E-state index contributed by atoms with van der Waals surface area (Å²) in [6.45, 7) is 1.81. The molecule has 1 saturated heterocycles. The van der Waals surface area contributed by atoms with Crippen LogP contribution in [0.4, 0.5) is 0 Å². The molecule has 1 aliphatic heterocycles. The number of amides is 1. The van der Waals surface area contributed by atoms with Crippen molar-refractivity contribution in [3.05, 3.63) is 24.2 Å². The fraction of sp³-hybridized carbons (Fsp3) is 0.500. The quantitative estimate of drug-likeness (QED) is 0.846. The monoisotopic (exact) mass is 256 g/mol. The molecule has 0 bridgehead atoms. The topological polar surface area (TPSA) is 61.9 Å². The highest BCUT2D eigenvalue weighted by molar-refractivity contribution is 5.94. The van der Waals surface area contributed by atoms with E-state index in [-0.39, 0.29) is 5.91 Å². The van der Waals surface area contributed by atoms with Crippen LogP contribution < -0.4 is 0 Å². The molecule has 2 atom stereocenters. The predicted octanol–water partition coefficient (Wildman–Crippen LogP) is 1.83. The number of fused-ring (bicyclic) bond motifs is 2. The molecule has 1 aliphatic carbocycles. The van der Waals surface area contributed by atoms with Crippen molar-refractivity contribution in [2.24, 2.45) is 11.8 Å². The van der Waals surface area contributed by atoms with Crippen molar-refractivity contribution < 1.29 is 4.79 Å². The average Bonchev–Trinajstić information content (AvgIpc) is 3.11. The first kappa shape index (κ1) is 11.0. The third kappa shape index (κ3) is 1.72. The summed E-state index contributed by atoms with van der Waals surface area (Å²) < 4.78 is 0. The fourth-order valence-electron chi connectivity index (χ4n) is 3.50. The van der Waals surface area contributed by atoms with Crippen LogP contribution in [0.3, 0.4) is 0 Å². The third-order valence-electron chi connectivity index (χ3n) is 4.51. The Labute approximate surface area is 111 Å². The lowest BCUT2D eigenvalue weighted by Gasteiger charge is -2.16. The first-order valence-electron chi connectivity index (χ1n) is 6.90. The second-order valence-electron chi connectivity index (χ2n) is 5.63. The molecular formula is C14H16N4O. The lowest BCUT2D eigenvalue weighted by molar-refractivity contribution is 0.0775. The second-order valence-corrected chi connectivity index (χ2v) is 5.63. The molecule has 5 heteroatoms. The minimum absolute atomic E-state index is 0.0549. The Bertz CT molecular complexity index is 623. The number of aromatic nitrogens is 3. The number of H-pyrrole nitrogens is 1. The zero-order chi connectivity index (χ0) is 12.8. The highest BCUT2D eigenvalue weighted by atomic mass is 16.2. The van der Waals surface area contributed by atoms with Crippen LogP contribution in [0.1, 0.15) is 29.8 Å². The Morgan fingerprint density at radius 2 is 2.05 bits per heavy atom. The van der Waals surface area contributed by atoms with Crippen LogP contribution in [-0.2, 0) is 0 Å². The van der Waals surface area contributed by atoms with Crippen molar-refractivity contribution >= 4 is 17.1 Å². The minimum Gasteiger partial charge on any atom is -0.343 e. The summed E-state index contributed by atoms with van der Waals surface area (Å²) >= 11 is 0. The molecule has 1 amide bonds. The number of imidazole rings is 1. The minimum atomic E-state index is 0.0549. The first-order chi connectivity index (χ1) is 9.31. The van der Waals surface area contributed by atoms with Gasteiger partial charge in [0.05, 0.1) is 11.8 Å². The maximum Gasteiger partial charge on any atom is 0.272 e. The van der Waals surface area contributed by atoms with E-state index in [1.165, 1.54) is 19.3 Å². The number of hydrogen-bond acceptors (Lipinski definition) is 3. The van der Waals surface area contributed by atoms with Gasteiger partial charge in [-0.3, -0.25) is 4.79 Å². The molecule has 98 valence electrons. The largest absolute Gasteiger partial charge is 0.343 e. The van der Waals surface area contributed by atoms with Gasteiger partial charge in [-0.1, -0.05) is 6.42 Å². The average molecular weight is 256 g/mol. The maximum atomic E-state index is 12.5. The second kappa shape index (κ2) is 4.05. The van der Waals surface area contributed by atoms with E-state index in [4.69, 9.17) is 0 Å². The molecule has 3 heterocycles. The molecule has 0 spiro atoms. The molecule has 1 N–H and O–H groups in total. The molecule has 2 aliphatic rings. The molecule has 2 fully saturated rings. The molecule has 0 unspecified atom stereocenters. The summed E-state index contributed by atoms with van der Waals surface area (Å²) in [7, 11) is 0. The van der Waals surface area contributed by atoms with E-state index in [1.54, 1.807) is 12.4 Å². The summed E-state index contributed by atoms with van der Waals surface area (Å²) in [5.41, 5.74) is 2.00. The molecule has 1 saturated carbocycles. The van der Waals surface area contributed by atoms with Crippen LogP contribution in [0, 0.1) is 11.8 Å². The number of nitrogens with one attached hydrogen (secondary N) is 1. The summed E-state index contributed by atoms with van der Waals surface area (Å²) in [6, 6.07) is 3.66. The zero-order valence-electron chi connectivity index (χ0n) is 10.7. The molecule has 4 rings (SSSR count). The molecule has 19 heavy (non-hydrogen) atoms. The van der Waals surface area contributed by atoms with Crippen molar-refractivity contribution in [1.82, 2.24) is 19.9 Å². The Balaban J connectivity index is 1.59. The van der Waals surface area contributed by atoms with Crippen molar-refractivity contribution in [2.45, 2.75) is 19.3 Å². The Hall–Kier alpha value is -1.91. The third-order valence-corrected chi connectivity index (χ3v) is 4.51. The van der Waals surface area contributed by atoms with Gasteiger partial charge in [-0.2, -0.15) is 0 Å². The highest BCUT2D eigenvalue weighted by Gasteiger charge is 2.38. The van der Waals surface area contributed by atoms with Gasteiger partial charge in [0.2, 0.25) is 0 Å². The van der Waals surface area contributed by atoms with E-state index in [9.17, 15) is 4.79 Å². The van der Waals surface area contributed by atoms with Gasteiger partial charge in [0.15, 0.2) is 5.65 Å². The number of carbonyl (C=O) groups excluding carboxylic acids is 1. The Morgan fingerprint density at radius 1 is 1.26 bits per heavy atom. The SMILES string of the molecule is O=C(c1ccc2[nH]cnc2n1)N1C[C@H]2CCC[C@@H]2C1. The van der Waals surface area contributed by atoms with Crippen LogP contribution in [0.5, 0.6) is 0 Å². The maximum absolute atomic E-state index is 12.5. The number of rotatable bonds is 1. The van der Waals surface area contributed by atoms with Crippen molar-refractivity contribution in [3.63, 3.8) is 0 Å². The van der Waals surface area contributed by atoms with Crippen LogP contribution in [0.15, 0.2) is 18.5 Å². The van der Waals surface area contributed by atoms with Crippen LogP contribution in [0.2, 0.25) is 0 Å². The lowest BCUT2D eigenvalue weighted by Crippen LogP contribution is -2.30. The summed E-state index contributed by atoms with van der Waals surface area (Å²) in [5, 5.41) is 0. The van der Waals surface area contributed by atoms with Crippen molar-refractivity contribution in [2.75, 3.05) is 13.1 Å². The van der Waals surface area contributed by atoms with Gasteiger partial charge in [0.25, 0.3) is 5.91 Å². The molecule has 2 aromatic rings. The molecular weight excluding hydrogens is 240 g/mol. The molecule has 0 radical (unpaired) electrons. The van der Waals surface area contributed by atoms with E-state index in [1.807, 2.05) is 11.0 Å². The van der Waals surface area contributed by atoms with E-state index in [2.05, 4.69) is 15.0 Å². The first-order valence-corrected chi connectivity index (χ1v) is 6.90. The van der Waals surface area contributed by atoms with Crippen molar-refractivity contribution in [1.29, 1.82) is 0 Å². The Morgan fingerprint density at radius 3 is 2.84 bits per heavy atom. The van der Waals surface area contributed by atoms with Gasteiger partial charge in [-0.25, -0.2) is 9.97 Å². The number of likely N-dealkylation sites (tertiary alicyclic amines) is 1. The van der Waals surface area contributed by atoms with Gasteiger partial charge in [0.1, 0.15) is 5.69 Å². The number of hydrogen-bond donors (Lipinski definition) is 1. The summed E-state index contributed by atoms with van der Waals surface area (Å²) in [5.74, 6) is 1.50. The number of pyridine rings is 1. The zero-order valence-corrected chi connectivity index (χ0v) is 10.7. The van der Waals surface area contributed by atoms with Gasteiger partial charge in [-0.05, 0) is 36.8 Å². The Kier molecular flexibility index (Phi) is 2.33. The van der Waals surface area contributed by atoms with Crippen molar-refractivity contribution in [3.8, 4) is 0 Å². The van der Waals surface area contributed by atoms with Gasteiger partial charge < -0.3 is 9.88 Å². The predicted molar refractivity (Wildman–Crippen MR) is 70.6 cm³/mol. The lowest BCUT2D eigenvalue weighted by atomic mass is 10.0. The number of nitrogens with zero attached hydrogens (tertiary/aromatic N) is 3. The highest BCUT2D eigenvalue weighted by Crippen LogP contribution is 2.38. The molecule has 5 nitrogen and oxygen atoms in total. The number of aromatic amines is 1. The van der Waals surface area contributed by atoms with E-state index < -0.39 is 0 Å². The van der Waals surface area contributed by atoms with Crippen LogP contribution in [0.25, 0.3) is 11.2 Å². The molecule has 2 aromatic heterocycles.